The van der Waals surface area contributed by atoms with Gasteiger partial charge in [-0.15, -0.1) is 0 Å². The van der Waals surface area contributed by atoms with E-state index < -0.39 is 0 Å². The summed E-state index contributed by atoms with van der Waals surface area (Å²) in [7, 11) is 0. The molecule has 0 amide bonds. The van der Waals surface area contributed by atoms with E-state index in [9.17, 15) is 19.2 Å². The second-order valence-corrected chi connectivity index (χ2v) is 13.4. The molecule has 0 saturated heterocycles. The average Bonchev–Trinajstić information content (AvgIpc) is 3.56. The Kier molecular flexibility index (Phi) is 16.5. The fraction of sp³-hybridized carbons (Fsp3) is 0.882. The molecule has 0 aromatic rings. The first-order chi connectivity index (χ1) is 17.9. The number of rotatable bonds is 8. The van der Waals surface area contributed by atoms with E-state index in [0.29, 0.717) is 46.8 Å². The molecule has 4 saturated carbocycles. The summed E-state index contributed by atoms with van der Waals surface area (Å²) < 4.78 is 0. The van der Waals surface area contributed by atoms with Gasteiger partial charge in [0.1, 0.15) is 23.1 Å². The van der Waals surface area contributed by atoms with Crippen molar-refractivity contribution < 1.29 is 19.2 Å². The summed E-state index contributed by atoms with van der Waals surface area (Å²) in [4.78, 5) is 44.9. The predicted molar refractivity (Wildman–Crippen MR) is 158 cm³/mol. The van der Waals surface area contributed by atoms with E-state index in [1.165, 1.54) is 38.5 Å². The second-order valence-electron chi connectivity index (χ2n) is 13.4. The van der Waals surface area contributed by atoms with E-state index in [2.05, 4.69) is 0 Å². The maximum absolute atomic E-state index is 11.5. The lowest BCUT2D eigenvalue weighted by Crippen LogP contribution is -2.25. The van der Waals surface area contributed by atoms with E-state index in [4.69, 9.17) is 0 Å². The number of ketones is 4. The van der Waals surface area contributed by atoms with Gasteiger partial charge in [-0.25, -0.2) is 0 Å². The van der Waals surface area contributed by atoms with Crippen LogP contribution in [0.15, 0.2) is 0 Å². The number of hydrogen-bond donors (Lipinski definition) is 0. The van der Waals surface area contributed by atoms with Crippen molar-refractivity contribution in [2.45, 2.75) is 145 Å². The molecule has 0 heterocycles. The molecular weight excluding hydrogens is 472 g/mol. The summed E-state index contributed by atoms with van der Waals surface area (Å²) in [6.07, 6.45) is 16.9. The van der Waals surface area contributed by atoms with Crippen LogP contribution in [0.2, 0.25) is 0 Å². The summed E-state index contributed by atoms with van der Waals surface area (Å²) in [6, 6.07) is 0. The Morgan fingerprint density at radius 1 is 0.342 bits per heavy atom. The van der Waals surface area contributed by atoms with Crippen molar-refractivity contribution in [3.63, 3.8) is 0 Å². The number of carbonyl (C=O) groups is 4. The zero-order valence-electron chi connectivity index (χ0n) is 26.2. The van der Waals surface area contributed by atoms with Gasteiger partial charge >= 0.3 is 0 Å². The molecule has 0 aromatic heterocycles. The van der Waals surface area contributed by atoms with Gasteiger partial charge in [-0.1, -0.05) is 93.9 Å². The van der Waals surface area contributed by atoms with Crippen molar-refractivity contribution in [3.8, 4) is 0 Å². The average molecular weight is 533 g/mol. The molecule has 4 fully saturated rings. The van der Waals surface area contributed by atoms with E-state index in [1.54, 1.807) is 0 Å². The van der Waals surface area contributed by atoms with Crippen molar-refractivity contribution in [1.82, 2.24) is 0 Å². The van der Waals surface area contributed by atoms with Gasteiger partial charge in [-0.3, -0.25) is 19.2 Å². The van der Waals surface area contributed by atoms with Gasteiger partial charge < -0.3 is 0 Å². The first-order valence-corrected chi connectivity index (χ1v) is 16.0. The van der Waals surface area contributed by atoms with E-state index in [1.807, 2.05) is 55.4 Å². The minimum atomic E-state index is 0.248. The molecule has 0 N–H and O–H groups in total. The molecular formula is C34H60O4. The van der Waals surface area contributed by atoms with Crippen molar-refractivity contribution in [1.29, 1.82) is 0 Å². The van der Waals surface area contributed by atoms with E-state index >= 15 is 0 Å². The molecule has 0 atom stereocenters. The van der Waals surface area contributed by atoms with Crippen molar-refractivity contribution in [2.24, 2.45) is 47.3 Å². The molecule has 4 aliphatic carbocycles. The zero-order valence-corrected chi connectivity index (χ0v) is 26.2. The Morgan fingerprint density at radius 2 is 0.553 bits per heavy atom. The summed E-state index contributed by atoms with van der Waals surface area (Å²) in [6.45, 7) is 15.9. The van der Waals surface area contributed by atoms with Crippen LogP contribution in [0.25, 0.3) is 0 Å². The van der Waals surface area contributed by atoms with Crippen LogP contribution in [-0.2, 0) is 19.2 Å². The molecule has 220 valence electrons. The van der Waals surface area contributed by atoms with Crippen LogP contribution in [0.3, 0.4) is 0 Å². The van der Waals surface area contributed by atoms with Crippen LogP contribution in [0.5, 0.6) is 0 Å². The fourth-order valence-corrected chi connectivity index (χ4v) is 5.54. The van der Waals surface area contributed by atoms with Gasteiger partial charge in [0.2, 0.25) is 0 Å². The highest BCUT2D eigenvalue weighted by Crippen LogP contribution is 2.32. The maximum Gasteiger partial charge on any atom is 0.138 e. The molecule has 0 aliphatic heterocycles. The SMILES string of the molecule is CC(C)C(=O)C1CC1.CC(C)C(=O)C1CCC1.CC(C)C(=O)C1CCCC1.CC(C)C(=O)C1CCCCC1. The molecule has 0 bridgehead atoms. The molecule has 0 unspecified atom stereocenters. The molecule has 4 rings (SSSR count). The zero-order chi connectivity index (χ0) is 28.8. The van der Waals surface area contributed by atoms with Crippen molar-refractivity contribution in [2.75, 3.05) is 0 Å². The smallest absolute Gasteiger partial charge is 0.138 e. The third-order valence-corrected chi connectivity index (χ3v) is 8.53. The van der Waals surface area contributed by atoms with E-state index in [0.717, 1.165) is 51.4 Å². The molecule has 38 heavy (non-hydrogen) atoms. The second kappa shape index (κ2) is 18.1. The van der Waals surface area contributed by atoms with Crippen LogP contribution < -0.4 is 0 Å². The van der Waals surface area contributed by atoms with Crippen molar-refractivity contribution in [3.05, 3.63) is 0 Å². The molecule has 0 aromatic carbocycles. The lowest BCUT2D eigenvalue weighted by Gasteiger charge is -2.25. The summed E-state index contributed by atoms with van der Waals surface area (Å²) in [5.41, 5.74) is 0. The minimum Gasteiger partial charge on any atom is -0.299 e. The standard InChI is InChI=1S/C10H18O.C9H16O.C8H14O.C7H12O/c1-8(2)10(11)9-6-4-3-5-7-9;1-7(2)9(10)8-5-3-4-6-8;1-6(2)8(9)7-4-3-5-7;1-5(2)7(8)6-3-4-6/h8-9H,3-7H2,1-2H3;7-8H,3-6H2,1-2H3;6-7H,3-5H2,1-2H3;5-6H,3-4H2,1-2H3. The highest BCUT2D eigenvalue weighted by atomic mass is 16.1. The number of carbonyl (C=O) groups excluding carboxylic acids is 4. The predicted octanol–water partition coefficient (Wildman–Crippen LogP) is 8.83. The third kappa shape index (κ3) is 13.2. The normalized spacial score (nSPS) is 20.1. The van der Waals surface area contributed by atoms with Crippen LogP contribution in [0.4, 0.5) is 0 Å². The quantitative estimate of drug-likeness (QED) is 0.313. The summed E-state index contributed by atoms with van der Waals surface area (Å²) >= 11 is 0. The van der Waals surface area contributed by atoms with Crippen LogP contribution in [0, 0.1) is 47.3 Å². The minimum absolute atomic E-state index is 0.248. The van der Waals surface area contributed by atoms with E-state index in [-0.39, 0.29) is 23.7 Å². The highest BCUT2D eigenvalue weighted by molar-refractivity contribution is 5.85. The first kappa shape index (κ1) is 34.7. The Morgan fingerprint density at radius 3 is 0.737 bits per heavy atom. The summed E-state index contributed by atoms with van der Waals surface area (Å²) in [5.74, 6) is 4.65. The molecule has 4 nitrogen and oxygen atoms in total. The molecule has 4 aliphatic rings. The molecule has 4 heteroatoms. The van der Waals surface area contributed by atoms with Crippen molar-refractivity contribution >= 4 is 23.1 Å². The van der Waals surface area contributed by atoms with Gasteiger partial charge in [0.05, 0.1) is 0 Å². The Hall–Kier alpha value is -1.32. The maximum atomic E-state index is 11.5. The van der Waals surface area contributed by atoms with Crippen LogP contribution >= 0.6 is 0 Å². The monoisotopic (exact) mass is 532 g/mol. The topological polar surface area (TPSA) is 68.3 Å². The van der Waals surface area contributed by atoms with Crippen LogP contribution in [0.1, 0.15) is 145 Å². The van der Waals surface area contributed by atoms with Gasteiger partial charge in [-0.05, 0) is 51.4 Å². The number of Topliss-reactive ketones (excluding diaryl/α,β-unsaturated/α-hetero) is 4. The molecule has 0 radical (unpaired) electrons. The van der Waals surface area contributed by atoms with Gasteiger partial charge in [-0.2, -0.15) is 0 Å². The summed E-state index contributed by atoms with van der Waals surface area (Å²) in [5, 5.41) is 0. The lowest BCUT2D eigenvalue weighted by atomic mass is 9.79. The van der Waals surface area contributed by atoms with Gasteiger partial charge in [0, 0.05) is 47.3 Å². The first-order valence-electron chi connectivity index (χ1n) is 16.0. The van der Waals surface area contributed by atoms with Gasteiger partial charge in [0.15, 0.2) is 0 Å². The lowest BCUT2D eigenvalue weighted by molar-refractivity contribution is -0.128. The number of hydrogen-bond acceptors (Lipinski definition) is 4. The Balaban J connectivity index is 0.000000255. The largest absolute Gasteiger partial charge is 0.299 e. The highest BCUT2D eigenvalue weighted by Gasteiger charge is 2.30. The fourth-order valence-electron chi connectivity index (χ4n) is 5.54. The Labute approximate surface area is 234 Å². The van der Waals surface area contributed by atoms with Gasteiger partial charge in [0.25, 0.3) is 0 Å². The Bertz CT molecular complexity index is 709. The third-order valence-electron chi connectivity index (χ3n) is 8.53. The van der Waals surface area contributed by atoms with Crippen LogP contribution in [-0.4, -0.2) is 23.1 Å². The molecule has 0 spiro atoms.